The van der Waals surface area contributed by atoms with Gasteiger partial charge in [0, 0.05) is 30.1 Å². The molecule has 3 rings (SSSR count). The van der Waals surface area contributed by atoms with Crippen molar-refractivity contribution >= 4 is 22.8 Å². The minimum Gasteiger partial charge on any atom is -0.456 e. The first kappa shape index (κ1) is 17.5. The third kappa shape index (κ3) is 5.08. The van der Waals surface area contributed by atoms with Crippen molar-refractivity contribution in [3.63, 3.8) is 0 Å². The summed E-state index contributed by atoms with van der Waals surface area (Å²) in [6, 6.07) is 8.09. The van der Waals surface area contributed by atoms with Gasteiger partial charge in [0.25, 0.3) is 5.91 Å². The number of fused-ring (bicyclic) bond motifs is 1. The molecule has 134 valence electrons. The number of H-pyrrole nitrogens is 1. The van der Waals surface area contributed by atoms with E-state index in [9.17, 15) is 9.59 Å². The molecule has 1 fully saturated rings. The number of carbonyl (C=O) groups excluding carboxylic acids is 2. The number of hydrogen-bond donors (Lipinski definition) is 2. The van der Waals surface area contributed by atoms with Crippen molar-refractivity contribution in [3.8, 4) is 0 Å². The average Bonchev–Trinajstić information content (AvgIpc) is 3.28. The Morgan fingerprint density at radius 2 is 2.00 bits per heavy atom. The Morgan fingerprint density at radius 1 is 1.20 bits per heavy atom. The molecule has 0 unspecified atom stereocenters. The van der Waals surface area contributed by atoms with Crippen molar-refractivity contribution in [2.75, 3.05) is 13.2 Å². The van der Waals surface area contributed by atoms with Gasteiger partial charge in [0.05, 0.1) is 0 Å². The Kier molecular flexibility index (Phi) is 6.09. The highest BCUT2D eigenvalue weighted by molar-refractivity contribution is 5.83. The smallest absolute Gasteiger partial charge is 0.306 e. The molecule has 1 saturated carbocycles. The van der Waals surface area contributed by atoms with Crippen molar-refractivity contribution in [2.24, 2.45) is 5.92 Å². The first-order valence-corrected chi connectivity index (χ1v) is 9.19. The molecule has 0 aliphatic heterocycles. The summed E-state index contributed by atoms with van der Waals surface area (Å²) in [7, 11) is 0. The van der Waals surface area contributed by atoms with E-state index < -0.39 is 0 Å². The lowest BCUT2D eigenvalue weighted by Crippen LogP contribution is -2.30. The van der Waals surface area contributed by atoms with Crippen molar-refractivity contribution in [1.82, 2.24) is 10.3 Å². The van der Waals surface area contributed by atoms with Crippen LogP contribution in [0, 0.1) is 5.92 Å². The third-order valence-electron chi connectivity index (χ3n) is 4.99. The summed E-state index contributed by atoms with van der Waals surface area (Å²) in [5, 5.41) is 3.98. The third-order valence-corrected chi connectivity index (χ3v) is 4.99. The lowest BCUT2D eigenvalue weighted by molar-refractivity contribution is -0.148. The second-order valence-corrected chi connectivity index (χ2v) is 6.81. The van der Waals surface area contributed by atoms with E-state index in [1.54, 1.807) is 0 Å². The van der Waals surface area contributed by atoms with E-state index >= 15 is 0 Å². The number of rotatable bonds is 8. The van der Waals surface area contributed by atoms with Gasteiger partial charge in [-0.25, -0.2) is 0 Å². The Labute approximate surface area is 148 Å². The first-order chi connectivity index (χ1) is 12.2. The molecule has 1 aliphatic rings. The molecule has 2 aromatic rings. The first-order valence-electron chi connectivity index (χ1n) is 9.19. The van der Waals surface area contributed by atoms with Crippen LogP contribution >= 0.6 is 0 Å². The molecule has 25 heavy (non-hydrogen) atoms. The highest BCUT2D eigenvalue weighted by Crippen LogP contribution is 2.28. The SMILES string of the molecule is O=C(COC(=O)CCC1CCCC1)NCCc1c[nH]c2ccccc12. The molecule has 5 nitrogen and oxygen atoms in total. The molecule has 2 N–H and O–H groups in total. The molecular formula is C20H26N2O3. The zero-order valence-corrected chi connectivity index (χ0v) is 14.6. The van der Waals surface area contributed by atoms with Crippen molar-refractivity contribution in [3.05, 3.63) is 36.0 Å². The molecule has 1 heterocycles. The number of carbonyl (C=O) groups is 2. The maximum Gasteiger partial charge on any atom is 0.306 e. The molecule has 1 aliphatic carbocycles. The predicted octanol–water partition coefficient (Wildman–Crippen LogP) is 3.34. The maximum atomic E-state index is 11.8. The summed E-state index contributed by atoms with van der Waals surface area (Å²) in [6.07, 6.45) is 9.03. The van der Waals surface area contributed by atoms with Gasteiger partial charge in [0.1, 0.15) is 0 Å². The number of aromatic amines is 1. The van der Waals surface area contributed by atoms with Crippen LogP contribution in [0.25, 0.3) is 10.9 Å². The quantitative estimate of drug-likeness (QED) is 0.723. The fraction of sp³-hybridized carbons (Fsp3) is 0.500. The van der Waals surface area contributed by atoms with E-state index in [2.05, 4.69) is 16.4 Å². The van der Waals surface area contributed by atoms with Gasteiger partial charge in [0.15, 0.2) is 6.61 Å². The van der Waals surface area contributed by atoms with Crippen LogP contribution in [0.4, 0.5) is 0 Å². The van der Waals surface area contributed by atoms with Crippen LogP contribution in [-0.2, 0) is 20.7 Å². The van der Waals surface area contributed by atoms with Crippen LogP contribution in [0.1, 0.15) is 44.1 Å². The van der Waals surface area contributed by atoms with Crippen molar-refractivity contribution in [1.29, 1.82) is 0 Å². The van der Waals surface area contributed by atoms with Crippen molar-refractivity contribution < 1.29 is 14.3 Å². The van der Waals surface area contributed by atoms with Gasteiger partial charge in [-0.2, -0.15) is 0 Å². The number of amides is 1. The minimum absolute atomic E-state index is 0.183. The van der Waals surface area contributed by atoms with Gasteiger partial charge in [-0.1, -0.05) is 43.9 Å². The van der Waals surface area contributed by atoms with Gasteiger partial charge in [-0.05, 0) is 30.4 Å². The van der Waals surface area contributed by atoms with Crippen LogP contribution in [0.5, 0.6) is 0 Å². The fourth-order valence-electron chi connectivity index (χ4n) is 3.57. The Bertz CT molecular complexity index is 717. The minimum atomic E-state index is -0.265. The Morgan fingerprint density at radius 3 is 2.84 bits per heavy atom. The van der Waals surface area contributed by atoms with Gasteiger partial charge < -0.3 is 15.0 Å². The molecule has 1 aromatic carbocycles. The number of esters is 1. The standard InChI is InChI=1S/C20H26N2O3/c23-19(14-25-20(24)10-9-15-5-1-2-6-15)21-12-11-16-13-22-18-8-4-3-7-17(16)18/h3-4,7-8,13,15,22H,1-2,5-6,9-12,14H2,(H,21,23). The van der Waals surface area contributed by atoms with Gasteiger partial charge in [0.2, 0.25) is 0 Å². The monoisotopic (exact) mass is 342 g/mol. The molecule has 0 radical (unpaired) electrons. The summed E-state index contributed by atoms with van der Waals surface area (Å²) in [5.41, 5.74) is 2.27. The number of aromatic nitrogens is 1. The molecular weight excluding hydrogens is 316 g/mol. The molecule has 0 spiro atoms. The summed E-state index contributed by atoms with van der Waals surface area (Å²) < 4.78 is 5.06. The van der Waals surface area contributed by atoms with Gasteiger partial charge >= 0.3 is 5.97 Å². The molecule has 0 bridgehead atoms. The predicted molar refractivity (Wildman–Crippen MR) is 97.2 cm³/mol. The zero-order chi connectivity index (χ0) is 17.5. The number of para-hydroxylation sites is 1. The van der Waals surface area contributed by atoms with Crippen LogP contribution in [0.3, 0.4) is 0 Å². The number of benzene rings is 1. The lowest BCUT2D eigenvalue weighted by atomic mass is 10.0. The average molecular weight is 342 g/mol. The summed E-state index contributed by atoms with van der Waals surface area (Å²) in [5.74, 6) is 0.158. The van der Waals surface area contributed by atoms with E-state index in [1.165, 1.54) is 36.6 Å². The van der Waals surface area contributed by atoms with E-state index in [0.29, 0.717) is 18.9 Å². The molecule has 1 amide bonds. The largest absolute Gasteiger partial charge is 0.456 e. The molecule has 5 heteroatoms. The van der Waals surface area contributed by atoms with Crippen LogP contribution in [0.15, 0.2) is 30.5 Å². The van der Waals surface area contributed by atoms with Crippen LogP contribution in [-0.4, -0.2) is 30.0 Å². The van der Waals surface area contributed by atoms with E-state index in [4.69, 9.17) is 4.74 Å². The van der Waals surface area contributed by atoms with Gasteiger partial charge in [-0.15, -0.1) is 0 Å². The second kappa shape index (κ2) is 8.70. The van der Waals surface area contributed by atoms with Crippen LogP contribution in [0.2, 0.25) is 0 Å². The molecule has 1 aromatic heterocycles. The summed E-state index contributed by atoms with van der Waals surface area (Å²) >= 11 is 0. The lowest BCUT2D eigenvalue weighted by Gasteiger charge is -2.09. The number of ether oxygens (including phenoxy) is 1. The number of nitrogens with one attached hydrogen (secondary N) is 2. The van der Waals surface area contributed by atoms with E-state index in [1.807, 2.05) is 24.4 Å². The van der Waals surface area contributed by atoms with E-state index in [0.717, 1.165) is 18.4 Å². The van der Waals surface area contributed by atoms with Gasteiger partial charge in [-0.3, -0.25) is 9.59 Å². The summed E-state index contributed by atoms with van der Waals surface area (Å²) in [4.78, 5) is 26.7. The van der Waals surface area contributed by atoms with Crippen molar-refractivity contribution in [2.45, 2.75) is 44.9 Å². The number of hydrogen-bond acceptors (Lipinski definition) is 3. The topological polar surface area (TPSA) is 71.2 Å². The summed E-state index contributed by atoms with van der Waals surface area (Å²) in [6.45, 7) is 0.345. The zero-order valence-electron chi connectivity index (χ0n) is 14.6. The molecule has 0 atom stereocenters. The highest BCUT2D eigenvalue weighted by atomic mass is 16.5. The highest BCUT2D eigenvalue weighted by Gasteiger charge is 2.17. The van der Waals surface area contributed by atoms with Crippen LogP contribution < -0.4 is 5.32 Å². The van der Waals surface area contributed by atoms with E-state index in [-0.39, 0.29) is 18.5 Å². The Balaban J connectivity index is 1.32. The second-order valence-electron chi connectivity index (χ2n) is 6.81. The maximum absolute atomic E-state index is 11.8. The molecule has 0 saturated heterocycles. The normalized spacial score (nSPS) is 14.7. The Hall–Kier alpha value is -2.30. The fourth-order valence-corrected chi connectivity index (χ4v) is 3.57.